The molecule has 0 bridgehead atoms. The van der Waals surface area contributed by atoms with Crippen molar-refractivity contribution in [1.82, 2.24) is 10.6 Å². The predicted octanol–water partition coefficient (Wildman–Crippen LogP) is 1.41. The minimum Gasteiger partial charge on any atom is -0.377 e. The Hall–Kier alpha value is -1.26. The summed E-state index contributed by atoms with van der Waals surface area (Å²) in [6.45, 7) is 10.7. The third kappa shape index (κ3) is 21.0. The highest BCUT2D eigenvalue weighted by Gasteiger charge is 2.07. The van der Waals surface area contributed by atoms with Gasteiger partial charge in [0.05, 0.1) is 19.8 Å². The molecule has 9 nitrogen and oxygen atoms in total. The first-order chi connectivity index (χ1) is 13.4. The van der Waals surface area contributed by atoms with E-state index in [4.69, 9.17) is 23.7 Å². The van der Waals surface area contributed by atoms with Gasteiger partial charge in [-0.1, -0.05) is 13.8 Å². The van der Waals surface area contributed by atoms with Crippen molar-refractivity contribution in [2.75, 3.05) is 53.4 Å². The van der Waals surface area contributed by atoms with E-state index < -0.39 is 0 Å². The van der Waals surface area contributed by atoms with Gasteiger partial charge in [0.15, 0.2) is 6.79 Å². The summed E-state index contributed by atoms with van der Waals surface area (Å²) in [5, 5.41) is 5.44. The minimum atomic E-state index is -0.166. The van der Waals surface area contributed by atoms with Crippen molar-refractivity contribution in [1.29, 1.82) is 0 Å². The second-order valence-corrected chi connectivity index (χ2v) is 6.95. The van der Waals surface area contributed by atoms with Crippen LogP contribution in [0.15, 0.2) is 0 Å². The van der Waals surface area contributed by atoms with Gasteiger partial charge in [-0.15, -0.1) is 0 Å². The lowest BCUT2D eigenvalue weighted by atomic mass is 10.1. The molecule has 0 aliphatic carbocycles. The Morgan fingerprint density at radius 3 is 1.93 bits per heavy atom. The van der Waals surface area contributed by atoms with Gasteiger partial charge in [-0.05, 0) is 26.2 Å². The van der Waals surface area contributed by atoms with Crippen LogP contribution in [-0.4, -0.2) is 71.2 Å². The molecule has 166 valence electrons. The van der Waals surface area contributed by atoms with Gasteiger partial charge in [-0.25, -0.2) is 0 Å². The van der Waals surface area contributed by atoms with E-state index in [1.54, 1.807) is 0 Å². The molecule has 28 heavy (non-hydrogen) atoms. The zero-order valence-corrected chi connectivity index (χ0v) is 17.8. The Morgan fingerprint density at radius 2 is 1.29 bits per heavy atom. The maximum absolute atomic E-state index is 11.6. The van der Waals surface area contributed by atoms with Gasteiger partial charge in [-0.3, -0.25) is 9.59 Å². The molecule has 0 unspecified atom stereocenters. The van der Waals surface area contributed by atoms with Gasteiger partial charge >= 0.3 is 0 Å². The van der Waals surface area contributed by atoms with Gasteiger partial charge in [0.1, 0.15) is 13.6 Å². The van der Waals surface area contributed by atoms with Crippen molar-refractivity contribution in [3.05, 3.63) is 0 Å². The SMILES string of the molecule is CC(C)CCOCOCOCOCCOCCNC(=O)CCC(=O)NC(C)C. The quantitative estimate of drug-likeness (QED) is 0.247. The molecule has 9 heteroatoms. The summed E-state index contributed by atoms with van der Waals surface area (Å²) in [7, 11) is 0. The van der Waals surface area contributed by atoms with E-state index in [0.717, 1.165) is 6.42 Å². The maximum atomic E-state index is 11.6. The Labute approximate surface area is 168 Å². The average molecular weight is 407 g/mol. The van der Waals surface area contributed by atoms with Crippen LogP contribution >= 0.6 is 0 Å². The fraction of sp³-hybridized carbons (Fsp3) is 0.895. The first kappa shape index (κ1) is 26.7. The zero-order chi connectivity index (χ0) is 21.0. The summed E-state index contributed by atoms with van der Waals surface area (Å²) in [6.07, 6.45) is 1.36. The largest absolute Gasteiger partial charge is 0.377 e. The maximum Gasteiger partial charge on any atom is 0.220 e. The molecular formula is C19H38N2O7. The number of carbonyl (C=O) groups excluding carboxylic acids is 2. The van der Waals surface area contributed by atoms with Gasteiger partial charge in [0.25, 0.3) is 0 Å². The Morgan fingerprint density at radius 1 is 0.714 bits per heavy atom. The summed E-state index contributed by atoms with van der Waals surface area (Å²) < 4.78 is 26.1. The van der Waals surface area contributed by atoms with Gasteiger partial charge in [-0.2, -0.15) is 0 Å². The van der Waals surface area contributed by atoms with Crippen molar-refractivity contribution in [2.24, 2.45) is 5.92 Å². The molecule has 2 N–H and O–H groups in total. The molecule has 0 saturated heterocycles. The monoisotopic (exact) mass is 406 g/mol. The van der Waals surface area contributed by atoms with E-state index in [-0.39, 0.29) is 51.1 Å². The van der Waals surface area contributed by atoms with Gasteiger partial charge in [0.2, 0.25) is 11.8 Å². The average Bonchev–Trinajstić information content (AvgIpc) is 2.62. The van der Waals surface area contributed by atoms with Crippen molar-refractivity contribution in [2.45, 2.75) is 53.0 Å². The highest BCUT2D eigenvalue weighted by molar-refractivity contribution is 5.83. The fourth-order valence-corrected chi connectivity index (χ4v) is 1.87. The van der Waals surface area contributed by atoms with Gasteiger partial charge < -0.3 is 34.3 Å². The minimum absolute atomic E-state index is 0.0812. The topological polar surface area (TPSA) is 104 Å². The molecule has 0 aromatic rings. The third-order valence-electron chi connectivity index (χ3n) is 3.31. The Kier molecular flexibility index (Phi) is 18.2. The molecule has 0 radical (unpaired) electrons. The molecule has 0 aliphatic rings. The summed E-state index contributed by atoms with van der Waals surface area (Å²) in [5.41, 5.74) is 0. The fourth-order valence-electron chi connectivity index (χ4n) is 1.87. The molecule has 0 spiro atoms. The molecule has 0 heterocycles. The van der Waals surface area contributed by atoms with E-state index in [0.29, 0.717) is 38.9 Å². The number of carbonyl (C=O) groups is 2. The van der Waals surface area contributed by atoms with Crippen LogP contribution in [0.1, 0.15) is 47.0 Å². The van der Waals surface area contributed by atoms with Crippen LogP contribution in [0, 0.1) is 5.92 Å². The lowest BCUT2D eigenvalue weighted by molar-refractivity contribution is -0.172. The number of ether oxygens (including phenoxy) is 5. The zero-order valence-electron chi connectivity index (χ0n) is 17.8. The highest BCUT2D eigenvalue weighted by atomic mass is 16.8. The van der Waals surface area contributed by atoms with Crippen LogP contribution in [0.3, 0.4) is 0 Å². The van der Waals surface area contributed by atoms with Crippen LogP contribution < -0.4 is 10.6 Å². The predicted molar refractivity (Wildman–Crippen MR) is 104 cm³/mol. The molecule has 0 aliphatic heterocycles. The normalized spacial score (nSPS) is 11.2. The molecular weight excluding hydrogens is 368 g/mol. The van der Waals surface area contributed by atoms with Crippen LogP contribution in [0.2, 0.25) is 0 Å². The Balaban J connectivity index is 3.23. The lowest BCUT2D eigenvalue weighted by Crippen LogP contribution is -2.32. The van der Waals surface area contributed by atoms with E-state index >= 15 is 0 Å². The Bertz CT molecular complexity index is 392. The first-order valence-electron chi connectivity index (χ1n) is 9.86. The van der Waals surface area contributed by atoms with Crippen LogP contribution in [-0.2, 0) is 33.3 Å². The summed E-state index contributed by atoms with van der Waals surface area (Å²) >= 11 is 0. The summed E-state index contributed by atoms with van der Waals surface area (Å²) in [4.78, 5) is 23.0. The number of rotatable bonds is 19. The van der Waals surface area contributed by atoms with E-state index in [9.17, 15) is 9.59 Å². The number of hydrogen-bond acceptors (Lipinski definition) is 7. The highest BCUT2D eigenvalue weighted by Crippen LogP contribution is 1.98. The van der Waals surface area contributed by atoms with Crippen LogP contribution in [0.4, 0.5) is 0 Å². The second-order valence-electron chi connectivity index (χ2n) is 6.95. The summed E-state index contributed by atoms with van der Waals surface area (Å²) in [5.74, 6) is 0.330. The molecule has 2 amide bonds. The molecule has 0 fully saturated rings. The standard InChI is InChI=1S/C19H38N2O7/c1-16(2)7-9-25-13-27-15-28-14-26-12-11-24-10-8-20-18(22)5-6-19(23)21-17(3)4/h16-17H,5-15H2,1-4H3,(H,20,22)(H,21,23). The van der Waals surface area contributed by atoms with E-state index in [1.807, 2.05) is 13.8 Å². The summed E-state index contributed by atoms with van der Waals surface area (Å²) in [6, 6.07) is 0.0812. The van der Waals surface area contributed by atoms with Crippen molar-refractivity contribution >= 4 is 11.8 Å². The number of nitrogens with one attached hydrogen (secondary N) is 2. The molecule has 0 rings (SSSR count). The van der Waals surface area contributed by atoms with E-state index in [1.165, 1.54) is 0 Å². The molecule has 0 atom stereocenters. The molecule has 0 aromatic carbocycles. The van der Waals surface area contributed by atoms with Crippen LogP contribution in [0.25, 0.3) is 0 Å². The first-order valence-corrected chi connectivity index (χ1v) is 9.86. The number of hydrogen-bond donors (Lipinski definition) is 2. The third-order valence-corrected chi connectivity index (χ3v) is 3.31. The van der Waals surface area contributed by atoms with Crippen molar-refractivity contribution in [3.63, 3.8) is 0 Å². The van der Waals surface area contributed by atoms with Crippen molar-refractivity contribution in [3.8, 4) is 0 Å². The number of amides is 2. The smallest absolute Gasteiger partial charge is 0.220 e. The van der Waals surface area contributed by atoms with Gasteiger partial charge in [0, 0.05) is 32.0 Å². The van der Waals surface area contributed by atoms with Crippen LogP contribution in [0.5, 0.6) is 0 Å². The van der Waals surface area contributed by atoms with E-state index in [2.05, 4.69) is 24.5 Å². The molecule has 0 aromatic heterocycles. The second kappa shape index (κ2) is 19.1. The molecule has 0 saturated carbocycles. The van der Waals surface area contributed by atoms with Crippen molar-refractivity contribution < 1.29 is 33.3 Å². The lowest BCUT2D eigenvalue weighted by Gasteiger charge is -2.09.